The van der Waals surface area contributed by atoms with Crippen LogP contribution in [-0.4, -0.2) is 19.5 Å². The molecule has 0 amide bonds. The Hall–Kier alpha value is -7.05. The fourth-order valence-corrected chi connectivity index (χ4v) is 7.10. The van der Waals surface area contributed by atoms with Gasteiger partial charge in [0.25, 0.3) is 0 Å². The standard InChI is InChI=1S/C45H26N4O2/c1-3-12-27(13-4-1)43-46-44(28-14-5-2-6-15-28)48-45(47-43)34-18-11-21-37-40(34)33-24-25-38-41(42(33)51-37)32-23-22-29(26-39(32)50-38)49-35-19-9-7-16-30(35)31-17-8-10-20-36(31)49/h1-26H/i1D,2D,3D,4D,5D,6D,12D,13D,14D,15D. The highest BCUT2D eigenvalue weighted by molar-refractivity contribution is 6.24. The van der Waals surface area contributed by atoms with Crippen LogP contribution < -0.4 is 0 Å². The summed E-state index contributed by atoms with van der Waals surface area (Å²) < 4.78 is 99.8. The molecule has 0 radical (unpaired) electrons. The van der Waals surface area contributed by atoms with Crippen molar-refractivity contribution in [2.45, 2.75) is 0 Å². The average molecular weight is 665 g/mol. The van der Waals surface area contributed by atoms with E-state index in [1.807, 2.05) is 48.5 Å². The second-order valence-electron chi connectivity index (χ2n) is 12.1. The molecule has 6 heteroatoms. The molecule has 0 saturated carbocycles. The number of fused-ring (bicyclic) bond motifs is 10. The molecule has 0 N–H and O–H groups in total. The van der Waals surface area contributed by atoms with Crippen molar-refractivity contribution in [2.75, 3.05) is 0 Å². The maximum Gasteiger partial charge on any atom is 0.164 e. The molecule has 4 aromatic heterocycles. The molecule has 0 fully saturated rings. The smallest absolute Gasteiger partial charge is 0.164 e. The van der Waals surface area contributed by atoms with Gasteiger partial charge in [0, 0.05) is 55.4 Å². The second-order valence-corrected chi connectivity index (χ2v) is 12.1. The summed E-state index contributed by atoms with van der Waals surface area (Å²) in [6.07, 6.45) is 0. The van der Waals surface area contributed by atoms with Crippen LogP contribution in [0.3, 0.4) is 0 Å². The van der Waals surface area contributed by atoms with Crippen molar-refractivity contribution in [1.29, 1.82) is 0 Å². The van der Waals surface area contributed by atoms with Gasteiger partial charge in [-0.15, -0.1) is 0 Å². The van der Waals surface area contributed by atoms with E-state index >= 15 is 0 Å². The van der Waals surface area contributed by atoms with Crippen molar-refractivity contribution in [2.24, 2.45) is 0 Å². The van der Waals surface area contributed by atoms with Crippen LogP contribution in [0.2, 0.25) is 0 Å². The number of hydrogen-bond acceptors (Lipinski definition) is 5. The Bertz CT molecular complexity index is 3550. The predicted octanol–water partition coefficient (Wildman–Crippen LogP) is 11.8. The highest BCUT2D eigenvalue weighted by Crippen LogP contribution is 2.43. The lowest BCUT2D eigenvalue weighted by molar-refractivity contribution is 0.662. The van der Waals surface area contributed by atoms with Crippen molar-refractivity contribution in [3.8, 4) is 39.9 Å². The van der Waals surface area contributed by atoms with Crippen LogP contribution in [0, 0.1) is 0 Å². The summed E-state index contributed by atoms with van der Waals surface area (Å²) in [5.41, 5.74) is 4.95. The zero-order valence-electron chi connectivity index (χ0n) is 36.3. The SMILES string of the molecule is [2H]c1c([2H])c([2H])c(-c2nc(-c3c([2H])c([2H])c([2H])c([2H])c3[2H])nc(-c3cccc4oc5c(ccc6oc7cc(-n8c9ccccc9c9ccccc98)ccc7c65)c34)n2)c([2H])c1[2H]. The minimum atomic E-state index is -0.621. The minimum absolute atomic E-state index is 0.0557. The van der Waals surface area contributed by atoms with Gasteiger partial charge in [-0.2, -0.15) is 0 Å². The van der Waals surface area contributed by atoms with E-state index in [1.165, 1.54) is 0 Å². The van der Waals surface area contributed by atoms with Gasteiger partial charge >= 0.3 is 0 Å². The van der Waals surface area contributed by atoms with E-state index in [2.05, 4.69) is 49.9 Å². The fourth-order valence-electron chi connectivity index (χ4n) is 7.10. The molecule has 7 aromatic carbocycles. The molecule has 11 aromatic rings. The number of aromatic nitrogens is 4. The van der Waals surface area contributed by atoms with E-state index in [0.717, 1.165) is 38.3 Å². The van der Waals surface area contributed by atoms with Gasteiger partial charge in [0.2, 0.25) is 0 Å². The number of benzene rings is 7. The Balaban J connectivity index is 1.15. The molecular weight excluding hydrogens is 629 g/mol. The van der Waals surface area contributed by atoms with Crippen LogP contribution in [-0.2, 0) is 0 Å². The van der Waals surface area contributed by atoms with Gasteiger partial charge in [-0.05, 0) is 42.5 Å². The quantitative estimate of drug-likeness (QED) is 0.187. The van der Waals surface area contributed by atoms with Crippen molar-refractivity contribution >= 4 is 65.7 Å². The summed E-state index contributed by atoms with van der Waals surface area (Å²) in [5, 5.41) is 5.07. The molecule has 238 valence electrons. The van der Waals surface area contributed by atoms with E-state index in [9.17, 15) is 0 Å². The zero-order chi connectivity index (χ0) is 42.2. The second kappa shape index (κ2) is 10.7. The number of furan rings is 2. The van der Waals surface area contributed by atoms with Gasteiger partial charge in [0.05, 0.1) is 30.1 Å². The molecule has 0 unspecified atom stereocenters. The molecule has 0 spiro atoms. The molecule has 11 rings (SSSR count). The van der Waals surface area contributed by atoms with Gasteiger partial charge in [-0.1, -0.05) is 109 Å². The van der Waals surface area contributed by atoms with E-state index in [-0.39, 0.29) is 28.6 Å². The molecule has 0 aliphatic rings. The Morgan fingerprint density at radius 3 is 1.76 bits per heavy atom. The van der Waals surface area contributed by atoms with Gasteiger partial charge in [0.15, 0.2) is 17.5 Å². The summed E-state index contributed by atoms with van der Waals surface area (Å²) >= 11 is 0. The van der Waals surface area contributed by atoms with E-state index in [1.54, 1.807) is 18.2 Å². The molecule has 0 atom stereocenters. The maximum atomic E-state index is 8.71. The first-order valence-corrected chi connectivity index (χ1v) is 16.1. The first kappa shape index (κ1) is 19.8. The van der Waals surface area contributed by atoms with Gasteiger partial charge < -0.3 is 13.4 Å². The Morgan fingerprint density at radius 1 is 0.471 bits per heavy atom. The third kappa shape index (κ3) is 4.20. The molecule has 0 aliphatic carbocycles. The van der Waals surface area contributed by atoms with Crippen molar-refractivity contribution in [3.05, 3.63) is 157 Å². The van der Waals surface area contributed by atoms with Crippen LogP contribution in [0.15, 0.2) is 166 Å². The molecular formula is C45H26N4O2. The first-order valence-electron chi connectivity index (χ1n) is 21.1. The lowest BCUT2D eigenvalue weighted by Gasteiger charge is -2.09. The first-order chi connectivity index (χ1) is 29.4. The highest BCUT2D eigenvalue weighted by Gasteiger charge is 2.21. The van der Waals surface area contributed by atoms with Crippen LogP contribution >= 0.6 is 0 Å². The minimum Gasteiger partial charge on any atom is -0.456 e. The summed E-state index contributed by atoms with van der Waals surface area (Å²) in [6, 6.07) is 25.5. The fraction of sp³-hybridized carbons (Fsp3) is 0. The molecule has 6 nitrogen and oxygen atoms in total. The Morgan fingerprint density at radius 2 is 1.08 bits per heavy atom. The summed E-state index contributed by atoms with van der Waals surface area (Å²) in [6.45, 7) is 0. The summed E-state index contributed by atoms with van der Waals surface area (Å²) in [7, 11) is 0. The maximum absolute atomic E-state index is 8.71. The van der Waals surface area contributed by atoms with Crippen LogP contribution in [0.4, 0.5) is 0 Å². The number of nitrogens with zero attached hydrogens (tertiary/aromatic N) is 4. The van der Waals surface area contributed by atoms with Gasteiger partial charge in [-0.25, -0.2) is 15.0 Å². The molecule has 0 bridgehead atoms. The largest absolute Gasteiger partial charge is 0.456 e. The van der Waals surface area contributed by atoms with Gasteiger partial charge in [0.1, 0.15) is 22.3 Å². The molecule has 0 saturated heterocycles. The normalized spacial score (nSPS) is 14.7. The lowest BCUT2D eigenvalue weighted by atomic mass is 10.0. The number of para-hydroxylation sites is 2. The predicted molar refractivity (Wildman–Crippen MR) is 205 cm³/mol. The van der Waals surface area contributed by atoms with Crippen molar-refractivity contribution in [3.63, 3.8) is 0 Å². The monoisotopic (exact) mass is 664 g/mol. The number of rotatable bonds is 4. The number of hydrogen-bond donors (Lipinski definition) is 0. The summed E-state index contributed by atoms with van der Waals surface area (Å²) in [4.78, 5) is 13.8. The van der Waals surface area contributed by atoms with E-state index in [0.29, 0.717) is 38.7 Å². The molecule has 4 heterocycles. The van der Waals surface area contributed by atoms with E-state index < -0.39 is 60.4 Å². The summed E-state index contributed by atoms with van der Waals surface area (Å²) in [5.74, 6) is -0.758. The Kier molecular flexibility index (Phi) is 4.17. The molecule has 51 heavy (non-hydrogen) atoms. The topological polar surface area (TPSA) is 69.9 Å². The van der Waals surface area contributed by atoms with Gasteiger partial charge in [-0.3, -0.25) is 0 Å². The Labute approximate surface area is 304 Å². The van der Waals surface area contributed by atoms with E-state index in [4.69, 9.17) is 22.5 Å². The van der Waals surface area contributed by atoms with Crippen LogP contribution in [0.1, 0.15) is 13.7 Å². The average Bonchev–Trinajstić information content (AvgIpc) is 3.95. The van der Waals surface area contributed by atoms with Crippen LogP contribution in [0.5, 0.6) is 0 Å². The third-order valence-electron chi connectivity index (χ3n) is 9.24. The molecule has 0 aliphatic heterocycles. The van der Waals surface area contributed by atoms with Crippen molar-refractivity contribution in [1.82, 2.24) is 19.5 Å². The zero-order valence-corrected chi connectivity index (χ0v) is 26.3. The lowest BCUT2D eigenvalue weighted by Crippen LogP contribution is -2.00. The van der Waals surface area contributed by atoms with Crippen molar-refractivity contribution < 1.29 is 22.5 Å². The highest BCUT2D eigenvalue weighted by atomic mass is 16.3. The third-order valence-corrected chi connectivity index (χ3v) is 9.24. The van der Waals surface area contributed by atoms with Crippen LogP contribution in [0.25, 0.3) is 106 Å².